The van der Waals surface area contributed by atoms with E-state index < -0.39 is 23.8 Å². The van der Waals surface area contributed by atoms with E-state index >= 15 is 0 Å². The smallest absolute Gasteiger partial charge is 0.471 e. The van der Waals surface area contributed by atoms with Crippen molar-refractivity contribution in [3.63, 3.8) is 0 Å². The van der Waals surface area contributed by atoms with Crippen LogP contribution in [0.15, 0.2) is 24.3 Å². The van der Waals surface area contributed by atoms with Gasteiger partial charge in [-0.2, -0.15) is 13.2 Å². The number of ether oxygens (including phenoxy) is 1. The average molecular weight is 401 g/mol. The van der Waals surface area contributed by atoms with Gasteiger partial charge in [-0.25, -0.2) is 0 Å². The molecule has 5 nitrogen and oxygen atoms in total. The number of carbonyl (C=O) groups excluding carboxylic acids is 1. The molecule has 1 amide bonds. The third-order valence-electron chi connectivity index (χ3n) is 4.84. The minimum atomic E-state index is -4.95. The molecule has 2 rings (SSSR count). The number of methoxy groups -OCH3 is 1. The van der Waals surface area contributed by atoms with E-state index in [1.165, 1.54) is 7.11 Å². The Bertz CT molecular complexity index is 697. The number of aliphatic hydroxyl groups is 2. The highest BCUT2D eigenvalue weighted by molar-refractivity contribution is 5.81. The van der Waals surface area contributed by atoms with Gasteiger partial charge in [0.25, 0.3) is 0 Å². The van der Waals surface area contributed by atoms with Crippen LogP contribution in [0.4, 0.5) is 13.2 Å². The predicted octanol–water partition coefficient (Wildman–Crippen LogP) is 3.51. The SMILES string of the molecule is COc1cc(C=CC2(O)CCCCC2)cc(C(O)CCNC(=O)C(F)(F)F)c1. The summed E-state index contributed by atoms with van der Waals surface area (Å²) in [6.45, 7) is -0.318. The van der Waals surface area contributed by atoms with Crippen LogP contribution in [0, 0.1) is 0 Å². The first-order chi connectivity index (χ1) is 13.1. The summed E-state index contributed by atoms with van der Waals surface area (Å²) in [5.41, 5.74) is 0.310. The van der Waals surface area contributed by atoms with E-state index in [-0.39, 0.29) is 13.0 Å². The second-order valence-corrected chi connectivity index (χ2v) is 7.10. The molecule has 28 heavy (non-hydrogen) atoms. The van der Waals surface area contributed by atoms with Gasteiger partial charge in [-0.05, 0) is 48.6 Å². The van der Waals surface area contributed by atoms with Crippen molar-refractivity contribution < 1.29 is 32.9 Å². The molecule has 1 fully saturated rings. The lowest BCUT2D eigenvalue weighted by Crippen LogP contribution is -2.37. The standard InChI is InChI=1S/C20H26F3NO4/c1-28-16-12-14(5-9-19(27)7-3-2-4-8-19)11-15(13-16)17(25)6-10-24-18(26)20(21,22)23/h5,9,11-13,17,25,27H,2-4,6-8,10H2,1H3,(H,24,26). The Balaban J connectivity index is 2.05. The van der Waals surface area contributed by atoms with E-state index in [0.29, 0.717) is 29.7 Å². The predicted molar refractivity (Wildman–Crippen MR) is 98.7 cm³/mol. The molecule has 1 aliphatic rings. The fraction of sp³-hybridized carbons (Fsp3) is 0.550. The number of alkyl halides is 3. The van der Waals surface area contributed by atoms with Crippen molar-refractivity contribution in [1.29, 1.82) is 0 Å². The number of aliphatic hydroxyl groups excluding tert-OH is 1. The number of benzene rings is 1. The van der Waals surface area contributed by atoms with Crippen LogP contribution in [0.5, 0.6) is 5.75 Å². The second-order valence-electron chi connectivity index (χ2n) is 7.10. The molecule has 1 aromatic rings. The fourth-order valence-electron chi connectivity index (χ4n) is 3.22. The topological polar surface area (TPSA) is 78.8 Å². The lowest BCUT2D eigenvalue weighted by Gasteiger charge is -2.28. The molecule has 0 spiro atoms. The number of hydrogen-bond acceptors (Lipinski definition) is 4. The van der Waals surface area contributed by atoms with Gasteiger partial charge in [0.2, 0.25) is 0 Å². The van der Waals surface area contributed by atoms with Crippen LogP contribution >= 0.6 is 0 Å². The van der Waals surface area contributed by atoms with Crippen LogP contribution in [0.1, 0.15) is 55.8 Å². The van der Waals surface area contributed by atoms with Crippen LogP contribution < -0.4 is 10.1 Å². The number of nitrogens with one attached hydrogen (secondary N) is 1. The molecule has 3 N–H and O–H groups in total. The minimum absolute atomic E-state index is 0.0813. The quantitative estimate of drug-likeness (QED) is 0.653. The molecule has 0 bridgehead atoms. The third-order valence-corrected chi connectivity index (χ3v) is 4.84. The maximum absolute atomic E-state index is 12.2. The number of carbonyl (C=O) groups is 1. The molecular formula is C20H26F3NO4. The van der Waals surface area contributed by atoms with Crippen molar-refractivity contribution in [3.8, 4) is 5.75 Å². The number of hydrogen-bond donors (Lipinski definition) is 3. The van der Waals surface area contributed by atoms with Gasteiger partial charge in [0.15, 0.2) is 0 Å². The normalized spacial score (nSPS) is 18.1. The van der Waals surface area contributed by atoms with Crippen LogP contribution in [0.25, 0.3) is 6.08 Å². The molecular weight excluding hydrogens is 375 g/mol. The highest BCUT2D eigenvalue weighted by Crippen LogP contribution is 2.31. The Morgan fingerprint density at radius 3 is 2.57 bits per heavy atom. The molecule has 8 heteroatoms. The van der Waals surface area contributed by atoms with Crippen LogP contribution in [0.2, 0.25) is 0 Å². The molecule has 1 atom stereocenters. The van der Waals surface area contributed by atoms with Gasteiger partial charge in [0, 0.05) is 6.54 Å². The lowest BCUT2D eigenvalue weighted by atomic mass is 9.84. The lowest BCUT2D eigenvalue weighted by molar-refractivity contribution is -0.173. The molecule has 0 heterocycles. The molecule has 1 saturated carbocycles. The Hall–Kier alpha value is -2.06. The molecule has 0 radical (unpaired) electrons. The van der Waals surface area contributed by atoms with Crippen molar-refractivity contribution in [1.82, 2.24) is 5.32 Å². The molecule has 0 aliphatic heterocycles. The highest BCUT2D eigenvalue weighted by atomic mass is 19.4. The van der Waals surface area contributed by atoms with Crippen molar-refractivity contribution in [2.24, 2.45) is 0 Å². The average Bonchev–Trinajstić information content (AvgIpc) is 2.65. The maximum atomic E-state index is 12.2. The van der Waals surface area contributed by atoms with Gasteiger partial charge >= 0.3 is 12.1 Å². The number of amides is 1. The van der Waals surface area contributed by atoms with Crippen molar-refractivity contribution >= 4 is 12.0 Å². The monoisotopic (exact) mass is 401 g/mol. The van der Waals surface area contributed by atoms with E-state index in [4.69, 9.17) is 4.74 Å². The zero-order chi connectivity index (χ0) is 20.8. The summed E-state index contributed by atoms with van der Waals surface area (Å²) in [5.74, 6) is -1.55. The summed E-state index contributed by atoms with van der Waals surface area (Å²) in [4.78, 5) is 10.8. The Morgan fingerprint density at radius 2 is 1.96 bits per heavy atom. The summed E-state index contributed by atoms with van der Waals surface area (Å²) in [6.07, 6.45) is 1.84. The van der Waals surface area contributed by atoms with Gasteiger partial charge in [-0.15, -0.1) is 0 Å². The van der Waals surface area contributed by atoms with Crippen LogP contribution in [0.3, 0.4) is 0 Å². The minimum Gasteiger partial charge on any atom is -0.497 e. The molecule has 156 valence electrons. The zero-order valence-corrected chi connectivity index (χ0v) is 15.8. The van der Waals surface area contributed by atoms with E-state index in [1.54, 1.807) is 35.7 Å². The van der Waals surface area contributed by atoms with Crippen LogP contribution in [-0.2, 0) is 4.79 Å². The molecule has 1 unspecified atom stereocenters. The molecule has 0 aromatic heterocycles. The van der Waals surface area contributed by atoms with Gasteiger partial charge < -0.3 is 20.3 Å². The first-order valence-electron chi connectivity index (χ1n) is 9.27. The van der Waals surface area contributed by atoms with Gasteiger partial charge in [0.1, 0.15) is 5.75 Å². The van der Waals surface area contributed by atoms with Crippen LogP contribution in [-0.4, -0.2) is 41.6 Å². The molecule has 1 aromatic carbocycles. The Kier molecular flexibility index (Phi) is 7.48. The molecule has 0 saturated heterocycles. The second kappa shape index (κ2) is 9.43. The summed E-state index contributed by atoms with van der Waals surface area (Å²) in [5, 5.41) is 22.6. The zero-order valence-electron chi connectivity index (χ0n) is 15.8. The van der Waals surface area contributed by atoms with E-state index in [1.807, 2.05) is 0 Å². The fourth-order valence-corrected chi connectivity index (χ4v) is 3.22. The Labute approximate surface area is 162 Å². The van der Waals surface area contributed by atoms with Crippen molar-refractivity contribution in [2.75, 3.05) is 13.7 Å². The third kappa shape index (κ3) is 6.53. The van der Waals surface area contributed by atoms with E-state index in [0.717, 1.165) is 19.3 Å². The summed E-state index contributed by atoms with van der Waals surface area (Å²) in [6, 6.07) is 5.01. The Morgan fingerprint density at radius 1 is 1.29 bits per heavy atom. The number of rotatable bonds is 7. The largest absolute Gasteiger partial charge is 0.497 e. The van der Waals surface area contributed by atoms with E-state index in [9.17, 15) is 28.2 Å². The summed E-state index contributed by atoms with van der Waals surface area (Å²) >= 11 is 0. The van der Waals surface area contributed by atoms with Gasteiger partial charge in [-0.3, -0.25) is 4.79 Å². The molecule has 1 aliphatic carbocycles. The van der Waals surface area contributed by atoms with Gasteiger partial charge in [0.05, 0.1) is 18.8 Å². The van der Waals surface area contributed by atoms with E-state index in [2.05, 4.69) is 0 Å². The van der Waals surface area contributed by atoms with Gasteiger partial charge in [-0.1, -0.05) is 31.4 Å². The van der Waals surface area contributed by atoms with Crippen molar-refractivity contribution in [2.45, 2.75) is 56.4 Å². The maximum Gasteiger partial charge on any atom is 0.471 e. The first kappa shape index (κ1) is 22.2. The van der Waals surface area contributed by atoms with Crippen molar-refractivity contribution in [3.05, 3.63) is 35.4 Å². The number of halogens is 3. The first-order valence-corrected chi connectivity index (χ1v) is 9.27. The highest BCUT2D eigenvalue weighted by Gasteiger charge is 2.38. The summed E-state index contributed by atoms with van der Waals surface area (Å²) in [7, 11) is 1.47. The summed E-state index contributed by atoms with van der Waals surface area (Å²) < 4.78 is 41.8.